The van der Waals surface area contributed by atoms with Gasteiger partial charge in [-0.05, 0) is 50.6 Å². The van der Waals surface area contributed by atoms with Crippen molar-refractivity contribution in [3.05, 3.63) is 65.1 Å². The Morgan fingerprint density at radius 1 is 1.17 bits per heavy atom. The molecule has 0 atom stereocenters. The number of fused-ring (bicyclic) bond motifs is 2. The van der Waals surface area contributed by atoms with Crippen LogP contribution in [0, 0.1) is 18.6 Å². The first-order chi connectivity index (χ1) is 17.2. The second kappa shape index (κ2) is 9.27. The van der Waals surface area contributed by atoms with Gasteiger partial charge in [-0.1, -0.05) is 6.07 Å². The van der Waals surface area contributed by atoms with Crippen molar-refractivity contribution in [2.24, 2.45) is 0 Å². The first-order valence-electron chi connectivity index (χ1n) is 11.7. The molecule has 4 heterocycles. The van der Waals surface area contributed by atoms with Crippen LogP contribution in [0.2, 0.25) is 0 Å². The van der Waals surface area contributed by atoms with Crippen LogP contribution in [0.15, 0.2) is 36.5 Å². The third-order valence-corrected chi connectivity index (χ3v) is 6.41. The van der Waals surface area contributed by atoms with Gasteiger partial charge in [-0.3, -0.25) is 4.79 Å². The molecule has 5 rings (SSSR count). The van der Waals surface area contributed by atoms with Gasteiger partial charge in [-0.25, -0.2) is 23.7 Å². The van der Waals surface area contributed by atoms with Crippen molar-refractivity contribution in [2.75, 3.05) is 18.5 Å². The zero-order valence-electron chi connectivity index (χ0n) is 20.2. The highest BCUT2D eigenvalue weighted by Crippen LogP contribution is 2.32. The SMILES string of the molecule is Cc1cc2c(F)cc(-c3nc(Nc4ccc5c(n4)CCN(C(=O)CO)C5)ncc3F)cc2n1C(C)C. The van der Waals surface area contributed by atoms with E-state index in [-0.39, 0.29) is 23.6 Å². The summed E-state index contributed by atoms with van der Waals surface area (Å²) in [5.41, 5.74) is 3.61. The van der Waals surface area contributed by atoms with Gasteiger partial charge < -0.3 is 19.9 Å². The number of aryl methyl sites for hydroxylation is 1. The standard InChI is InChI=1S/C26H26F2N6O2/c1-14(2)34-15(3)8-18-19(27)9-17(10-22(18)34)25-20(28)11-29-26(32-25)31-23-5-4-16-12-33(24(36)13-35)7-6-21(16)30-23/h4-5,8-11,14,35H,6-7,12-13H2,1-3H3,(H,29,30,31,32). The summed E-state index contributed by atoms with van der Waals surface area (Å²) in [6, 6.07) is 8.50. The predicted molar refractivity (Wildman–Crippen MR) is 132 cm³/mol. The molecule has 0 spiro atoms. The molecule has 186 valence electrons. The fraction of sp³-hybridized carbons (Fsp3) is 0.308. The fourth-order valence-corrected chi connectivity index (χ4v) is 4.78. The molecule has 1 aliphatic heterocycles. The van der Waals surface area contributed by atoms with Gasteiger partial charge in [0, 0.05) is 47.9 Å². The van der Waals surface area contributed by atoms with Gasteiger partial charge in [-0.2, -0.15) is 0 Å². The summed E-state index contributed by atoms with van der Waals surface area (Å²) >= 11 is 0. The molecule has 8 nitrogen and oxygen atoms in total. The van der Waals surface area contributed by atoms with Crippen LogP contribution in [-0.2, 0) is 17.8 Å². The molecular formula is C26H26F2N6O2. The van der Waals surface area contributed by atoms with Crippen LogP contribution in [0.5, 0.6) is 0 Å². The van der Waals surface area contributed by atoms with Crippen LogP contribution in [0.4, 0.5) is 20.5 Å². The normalized spacial score (nSPS) is 13.4. The Balaban J connectivity index is 1.46. The fourth-order valence-electron chi connectivity index (χ4n) is 4.78. The van der Waals surface area contributed by atoms with E-state index in [1.165, 1.54) is 6.07 Å². The van der Waals surface area contributed by atoms with Crippen molar-refractivity contribution in [3.63, 3.8) is 0 Å². The summed E-state index contributed by atoms with van der Waals surface area (Å²) in [6.07, 6.45) is 1.59. The number of hydrogen-bond acceptors (Lipinski definition) is 6. The first-order valence-corrected chi connectivity index (χ1v) is 11.7. The number of aromatic nitrogens is 4. The largest absolute Gasteiger partial charge is 0.387 e. The van der Waals surface area contributed by atoms with E-state index < -0.39 is 18.2 Å². The summed E-state index contributed by atoms with van der Waals surface area (Å²) in [6.45, 7) is 6.26. The van der Waals surface area contributed by atoms with E-state index in [0.29, 0.717) is 41.8 Å². The molecule has 0 bridgehead atoms. The maximum absolute atomic E-state index is 15.0. The lowest BCUT2D eigenvalue weighted by Crippen LogP contribution is -2.37. The highest BCUT2D eigenvalue weighted by atomic mass is 19.1. The van der Waals surface area contributed by atoms with E-state index in [9.17, 15) is 13.6 Å². The van der Waals surface area contributed by atoms with Gasteiger partial charge in [0.1, 0.15) is 23.9 Å². The molecule has 1 aliphatic rings. The topological polar surface area (TPSA) is 96.2 Å². The van der Waals surface area contributed by atoms with Gasteiger partial charge in [0.05, 0.1) is 11.7 Å². The summed E-state index contributed by atoms with van der Waals surface area (Å²) in [4.78, 5) is 26.3. The molecule has 1 aromatic carbocycles. The van der Waals surface area contributed by atoms with E-state index >= 15 is 0 Å². The second-order valence-electron chi connectivity index (χ2n) is 9.18. The van der Waals surface area contributed by atoms with Gasteiger partial charge in [-0.15, -0.1) is 0 Å². The lowest BCUT2D eigenvalue weighted by atomic mass is 10.1. The quantitative estimate of drug-likeness (QED) is 0.432. The minimum atomic E-state index is -0.661. The van der Waals surface area contributed by atoms with Gasteiger partial charge in [0.15, 0.2) is 5.82 Å². The molecule has 10 heteroatoms. The van der Waals surface area contributed by atoms with Gasteiger partial charge in [0.25, 0.3) is 0 Å². The van der Waals surface area contributed by atoms with Crippen LogP contribution in [0.1, 0.15) is 36.8 Å². The number of rotatable bonds is 5. The lowest BCUT2D eigenvalue weighted by molar-refractivity contribution is -0.135. The maximum Gasteiger partial charge on any atom is 0.248 e. The van der Waals surface area contributed by atoms with E-state index in [1.54, 1.807) is 23.1 Å². The first kappa shape index (κ1) is 23.8. The van der Waals surface area contributed by atoms with Crippen molar-refractivity contribution in [1.82, 2.24) is 24.4 Å². The molecule has 0 fully saturated rings. The monoisotopic (exact) mass is 492 g/mol. The summed E-state index contributed by atoms with van der Waals surface area (Å²) in [5.74, 6) is -0.823. The van der Waals surface area contributed by atoms with Crippen molar-refractivity contribution < 1.29 is 18.7 Å². The van der Waals surface area contributed by atoms with Crippen molar-refractivity contribution in [3.8, 4) is 11.3 Å². The zero-order chi connectivity index (χ0) is 25.6. The number of anilines is 2. The smallest absolute Gasteiger partial charge is 0.248 e. The number of carbonyl (C=O) groups excluding carboxylic acids is 1. The Bertz CT molecular complexity index is 1480. The number of benzene rings is 1. The molecule has 0 saturated carbocycles. The average Bonchev–Trinajstić information content (AvgIpc) is 3.21. The van der Waals surface area contributed by atoms with Crippen LogP contribution in [0.3, 0.4) is 0 Å². The summed E-state index contributed by atoms with van der Waals surface area (Å²) in [5, 5.41) is 12.6. The minimum absolute atomic E-state index is 0.0152. The Kier molecular flexibility index (Phi) is 6.13. The highest BCUT2D eigenvalue weighted by Gasteiger charge is 2.22. The predicted octanol–water partition coefficient (Wildman–Crippen LogP) is 4.28. The maximum atomic E-state index is 15.0. The number of aliphatic hydroxyl groups excluding tert-OH is 1. The Labute approximate surface area is 206 Å². The van der Waals surface area contributed by atoms with Crippen LogP contribution in [-0.4, -0.2) is 48.6 Å². The van der Waals surface area contributed by atoms with E-state index in [1.807, 2.05) is 31.4 Å². The van der Waals surface area contributed by atoms with Gasteiger partial charge in [0.2, 0.25) is 11.9 Å². The Hall–Kier alpha value is -3.92. The van der Waals surface area contributed by atoms with Crippen molar-refractivity contribution in [1.29, 1.82) is 0 Å². The van der Waals surface area contributed by atoms with Crippen LogP contribution < -0.4 is 5.32 Å². The number of amides is 1. The Morgan fingerprint density at radius 2 is 1.97 bits per heavy atom. The lowest BCUT2D eigenvalue weighted by Gasteiger charge is -2.28. The number of nitrogens with one attached hydrogen (secondary N) is 1. The molecule has 2 N–H and O–H groups in total. The molecule has 4 aromatic rings. The van der Waals surface area contributed by atoms with Gasteiger partial charge >= 0.3 is 0 Å². The molecule has 0 saturated heterocycles. The number of carbonyl (C=O) groups is 1. The second-order valence-corrected chi connectivity index (χ2v) is 9.18. The number of pyridine rings is 1. The van der Waals surface area contributed by atoms with Crippen molar-refractivity contribution in [2.45, 2.75) is 39.8 Å². The third kappa shape index (κ3) is 4.28. The molecule has 0 aliphatic carbocycles. The molecular weight excluding hydrogens is 466 g/mol. The molecule has 3 aromatic heterocycles. The molecule has 1 amide bonds. The summed E-state index contributed by atoms with van der Waals surface area (Å²) < 4.78 is 31.8. The van der Waals surface area contributed by atoms with Crippen LogP contribution in [0.25, 0.3) is 22.2 Å². The minimum Gasteiger partial charge on any atom is -0.387 e. The van der Waals surface area contributed by atoms with E-state index in [0.717, 1.165) is 23.1 Å². The molecule has 0 unspecified atom stereocenters. The number of nitrogens with zero attached hydrogens (tertiary/aromatic N) is 5. The Morgan fingerprint density at radius 3 is 2.72 bits per heavy atom. The third-order valence-electron chi connectivity index (χ3n) is 6.41. The molecule has 0 radical (unpaired) electrons. The summed E-state index contributed by atoms with van der Waals surface area (Å²) in [7, 11) is 0. The average molecular weight is 493 g/mol. The zero-order valence-corrected chi connectivity index (χ0v) is 20.2. The van der Waals surface area contributed by atoms with Crippen molar-refractivity contribution >= 4 is 28.6 Å². The van der Waals surface area contributed by atoms with E-state index in [2.05, 4.69) is 20.3 Å². The van der Waals surface area contributed by atoms with E-state index in [4.69, 9.17) is 5.11 Å². The molecule has 36 heavy (non-hydrogen) atoms. The van der Waals surface area contributed by atoms with Crippen LogP contribution >= 0.6 is 0 Å². The number of aliphatic hydroxyl groups is 1. The highest BCUT2D eigenvalue weighted by molar-refractivity contribution is 5.87. The number of halogens is 2. The number of hydrogen-bond donors (Lipinski definition) is 2.